The molecule has 0 aliphatic carbocycles. The average Bonchev–Trinajstić information content (AvgIpc) is 2.75. The van der Waals surface area contributed by atoms with Crippen molar-refractivity contribution >= 4 is 39.9 Å². The van der Waals surface area contributed by atoms with Gasteiger partial charge in [0.1, 0.15) is 11.4 Å². The molecule has 2 aromatic rings. The maximum absolute atomic E-state index is 14.8. The van der Waals surface area contributed by atoms with Crippen molar-refractivity contribution in [2.45, 2.75) is 50.9 Å². The van der Waals surface area contributed by atoms with Gasteiger partial charge in [-0.05, 0) is 86.2 Å². The molecule has 9 heteroatoms. The van der Waals surface area contributed by atoms with E-state index < -0.39 is 29.0 Å². The van der Waals surface area contributed by atoms with Crippen LogP contribution < -0.4 is 10.6 Å². The second-order valence-electron chi connectivity index (χ2n) is 8.93. The zero-order valence-electron chi connectivity index (χ0n) is 18.6. The molecule has 2 N–H and O–H groups in total. The van der Waals surface area contributed by atoms with E-state index in [1.165, 1.54) is 18.2 Å². The fourth-order valence-electron chi connectivity index (χ4n) is 4.64. The van der Waals surface area contributed by atoms with E-state index in [0.29, 0.717) is 16.7 Å². The first kappa shape index (κ1) is 24.3. The molecular weight excluding hydrogens is 546 g/mol. The fourth-order valence-corrected chi connectivity index (χ4v) is 5.09. The van der Waals surface area contributed by atoms with Crippen LogP contribution in [0.3, 0.4) is 0 Å². The molecular formula is C24H27F3IN3O2. The fraction of sp³-hybridized carbons (Fsp3) is 0.458. The number of carbonyl (C=O) groups is 1. The Kier molecular flexibility index (Phi) is 7.20. The number of benzene rings is 2. The van der Waals surface area contributed by atoms with E-state index in [1.807, 2.05) is 36.4 Å². The van der Waals surface area contributed by atoms with Gasteiger partial charge in [0.25, 0.3) is 5.91 Å². The van der Waals surface area contributed by atoms with Gasteiger partial charge in [0.2, 0.25) is 0 Å². The number of rotatable bonds is 6. The van der Waals surface area contributed by atoms with Crippen LogP contribution in [-0.4, -0.2) is 48.2 Å². The van der Waals surface area contributed by atoms with Gasteiger partial charge >= 0.3 is 0 Å². The van der Waals surface area contributed by atoms with E-state index in [4.69, 9.17) is 4.74 Å². The Morgan fingerprint density at radius 1 is 1.18 bits per heavy atom. The Labute approximate surface area is 205 Å². The zero-order chi connectivity index (χ0) is 23.8. The van der Waals surface area contributed by atoms with Crippen LogP contribution in [0.5, 0.6) is 0 Å². The SMILES string of the molecule is CC(C)OC1([C@@H]2CCCCN2)CN(C(=O)c2ccc(F)c(F)c2Nc2ccc(I)cc2F)C1. The normalized spacial score (nSPS) is 20.0. The molecule has 2 aliphatic rings. The lowest BCUT2D eigenvalue weighted by molar-refractivity contribution is -0.173. The molecule has 0 aromatic heterocycles. The van der Waals surface area contributed by atoms with Crippen LogP contribution >= 0.6 is 22.6 Å². The van der Waals surface area contributed by atoms with Crippen molar-refractivity contribution in [2.24, 2.45) is 0 Å². The van der Waals surface area contributed by atoms with Gasteiger partial charge < -0.3 is 20.3 Å². The number of hydrogen-bond donors (Lipinski definition) is 2. The lowest BCUT2D eigenvalue weighted by atomic mass is 9.80. The molecule has 1 atom stereocenters. The highest BCUT2D eigenvalue weighted by molar-refractivity contribution is 14.1. The first-order chi connectivity index (χ1) is 15.7. The number of halogens is 4. The number of nitrogens with one attached hydrogen (secondary N) is 2. The van der Waals surface area contributed by atoms with Crippen LogP contribution in [-0.2, 0) is 4.74 Å². The second kappa shape index (κ2) is 9.79. The minimum absolute atomic E-state index is 0.0182. The van der Waals surface area contributed by atoms with E-state index >= 15 is 0 Å². The quantitative estimate of drug-likeness (QED) is 0.466. The summed E-state index contributed by atoms with van der Waals surface area (Å²) in [5, 5.41) is 6.10. The van der Waals surface area contributed by atoms with Gasteiger partial charge in [-0.3, -0.25) is 4.79 Å². The summed E-state index contributed by atoms with van der Waals surface area (Å²) >= 11 is 1.95. The molecule has 2 aromatic carbocycles. The molecule has 2 aliphatic heterocycles. The summed E-state index contributed by atoms with van der Waals surface area (Å²) in [4.78, 5) is 14.9. The predicted molar refractivity (Wildman–Crippen MR) is 129 cm³/mol. The molecule has 0 saturated carbocycles. The van der Waals surface area contributed by atoms with Crippen molar-refractivity contribution in [3.05, 3.63) is 56.9 Å². The Balaban J connectivity index is 1.59. The molecule has 2 heterocycles. The summed E-state index contributed by atoms with van der Waals surface area (Å²) in [5.41, 5.74) is -0.986. The third kappa shape index (κ3) is 5.00. The van der Waals surface area contributed by atoms with E-state index in [-0.39, 0.29) is 29.1 Å². The Bertz CT molecular complexity index is 1040. The Morgan fingerprint density at radius 3 is 2.58 bits per heavy atom. The zero-order valence-corrected chi connectivity index (χ0v) is 20.7. The van der Waals surface area contributed by atoms with Gasteiger partial charge in [-0.15, -0.1) is 0 Å². The maximum Gasteiger partial charge on any atom is 0.256 e. The van der Waals surface area contributed by atoms with Gasteiger partial charge in [0, 0.05) is 9.61 Å². The van der Waals surface area contributed by atoms with Gasteiger partial charge in [-0.2, -0.15) is 0 Å². The topological polar surface area (TPSA) is 53.6 Å². The van der Waals surface area contributed by atoms with Crippen molar-refractivity contribution in [3.63, 3.8) is 0 Å². The van der Waals surface area contributed by atoms with Gasteiger partial charge in [-0.1, -0.05) is 6.42 Å². The lowest BCUT2D eigenvalue weighted by Gasteiger charge is -2.55. The van der Waals surface area contributed by atoms with Gasteiger partial charge in [0.05, 0.1) is 36.1 Å². The third-order valence-electron chi connectivity index (χ3n) is 6.14. The number of carbonyl (C=O) groups excluding carboxylic acids is 1. The molecule has 5 nitrogen and oxygen atoms in total. The highest BCUT2D eigenvalue weighted by atomic mass is 127. The van der Waals surface area contributed by atoms with Crippen LogP contribution in [0.2, 0.25) is 0 Å². The molecule has 0 unspecified atom stereocenters. The minimum atomic E-state index is -1.22. The van der Waals surface area contributed by atoms with E-state index in [1.54, 1.807) is 11.0 Å². The summed E-state index contributed by atoms with van der Waals surface area (Å²) in [6, 6.07) is 6.60. The van der Waals surface area contributed by atoms with Gasteiger partial charge in [0.15, 0.2) is 11.6 Å². The van der Waals surface area contributed by atoms with E-state index in [9.17, 15) is 18.0 Å². The van der Waals surface area contributed by atoms with Crippen LogP contribution in [0.4, 0.5) is 24.5 Å². The van der Waals surface area contributed by atoms with Crippen molar-refractivity contribution < 1.29 is 22.7 Å². The van der Waals surface area contributed by atoms with Crippen molar-refractivity contribution in [1.29, 1.82) is 0 Å². The summed E-state index contributed by atoms with van der Waals surface area (Å²) in [7, 11) is 0. The smallest absolute Gasteiger partial charge is 0.256 e. The van der Waals surface area contributed by atoms with E-state index in [2.05, 4.69) is 10.6 Å². The number of likely N-dealkylation sites (tertiary alicyclic amines) is 1. The molecule has 4 rings (SSSR count). The molecule has 1 amide bonds. The van der Waals surface area contributed by atoms with Crippen LogP contribution in [0.1, 0.15) is 43.5 Å². The molecule has 0 radical (unpaired) electrons. The van der Waals surface area contributed by atoms with Crippen LogP contribution in [0.15, 0.2) is 30.3 Å². The third-order valence-corrected chi connectivity index (χ3v) is 6.81. The molecule has 0 spiro atoms. The Hall–Kier alpha value is -1.85. The summed E-state index contributed by atoms with van der Waals surface area (Å²) in [6.07, 6.45) is 3.14. The Morgan fingerprint density at radius 2 is 1.94 bits per heavy atom. The number of piperidine rings is 1. The van der Waals surface area contributed by atoms with Crippen LogP contribution in [0.25, 0.3) is 0 Å². The van der Waals surface area contributed by atoms with Gasteiger partial charge in [-0.25, -0.2) is 13.2 Å². The minimum Gasteiger partial charge on any atom is -0.367 e. The first-order valence-corrected chi connectivity index (χ1v) is 12.2. The molecule has 33 heavy (non-hydrogen) atoms. The molecule has 2 saturated heterocycles. The van der Waals surface area contributed by atoms with Crippen molar-refractivity contribution in [3.8, 4) is 0 Å². The monoisotopic (exact) mass is 573 g/mol. The highest BCUT2D eigenvalue weighted by Gasteiger charge is 2.52. The highest BCUT2D eigenvalue weighted by Crippen LogP contribution is 2.37. The molecule has 178 valence electrons. The maximum atomic E-state index is 14.8. The summed E-state index contributed by atoms with van der Waals surface area (Å²) < 4.78 is 50.1. The number of nitrogens with zero attached hydrogens (tertiary/aromatic N) is 1. The number of hydrogen-bond acceptors (Lipinski definition) is 4. The standard InChI is InChI=1S/C24H27F3IN3O2/c1-14(2)33-24(20-5-3-4-10-29-20)12-31(13-24)23(32)16-7-8-17(25)21(27)22(16)30-19-9-6-15(28)11-18(19)26/h6-9,11,14,20,29-30H,3-5,10,12-13H2,1-2H3/t20-/m0/s1. The summed E-state index contributed by atoms with van der Waals surface area (Å²) in [6.45, 7) is 5.51. The largest absolute Gasteiger partial charge is 0.367 e. The molecule has 0 bridgehead atoms. The number of ether oxygens (including phenoxy) is 1. The second-order valence-corrected chi connectivity index (χ2v) is 10.2. The molecule has 2 fully saturated rings. The van der Waals surface area contributed by atoms with Crippen LogP contribution in [0, 0.1) is 21.0 Å². The van der Waals surface area contributed by atoms with Crippen molar-refractivity contribution in [1.82, 2.24) is 10.2 Å². The lowest BCUT2D eigenvalue weighted by Crippen LogP contribution is -2.73. The number of anilines is 2. The number of amides is 1. The van der Waals surface area contributed by atoms with E-state index in [0.717, 1.165) is 31.9 Å². The average molecular weight is 573 g/mol. The predicted octanol–water partition coefficient (Wildman–Crippen LogP) is 5.21. The van der Waals surface area contributed by atoms with Crippen molar-refractivity contribution in [2.75, 3.05) is 25.0 Å². The first-order valence-electron chi connectivity index (χ1n) is 11.1. The summed E-state index contributed by atoms with van der Waals surface area (Å²) in [5.74, 6) is -3.42.